The fourth-order valence-electron chi connectivity index (χ4n) is 2.98. The topological polar surface area (TPSA) is 62.6 Å². The van der Waals surface area contributed by atoms with E-state index in [0.29, 0.717) is 12.2 Å². The Labute approximate surface area is 148 Å². The first kappa shape index (κ1) is 18.0. The van der Waals surface area contributed by atoms with Gasteiger partial charge in [-0.3, -0.25) is 0 Å². The van der Waals surface area contributed by atoms with E-state index in [9.17, 15) is 4.79 Å². The Morgan fingerprint density at radius 3 is 2.40 bits per heavy atom. The number of carbonyl (C=O) groups is 1. The summed E-state index contributed by atoms with van der Waals surface area (Å²) in [5, 5.41) is 0. The highest BCUT2D eigenvalue weighted by Crippen LogP contribution is 2.37. The second-order valence-electron chi connectivity index (χ2n) is 7.46. The van der Waals surface area contributed by atoms with Crippen molar-refractivity contribution in [2.75, 3.05) is 6.61 Å². The fourth-order valence-corrected chi connectivity index (χ4v) is 2.98. The van der Waals surface area contributed by atoms with Gasteiger partial charge in [0.15, 0.2) is 0 Å². The number of imidazole rings is 1. The molecular weight excluding hydrogens is 319 g/mol. The lowest BCUT2D eigenvalue weighted by atomic mass is 9.77. The molecule has 0 radical (unpaired) electrons. The second kappa shape index (κ2) is 5.85. The number of benzene rings is 1. The lowest BCUT2D eigenvalue weighted by molar-refractivity contribution is 0.00578. The molecule has 0 amide bonds. The summed E-state index contributed by atoms with van der Waals surface area (Å²) < 4.78 is 19.6. The minimum Gasteiger partial charge on any atom is -0.462 e. The van der Waals surface area contributed by atoms with Crippen LogP contribution in [0.4, 0.5) is 0 Å². The maximum absolute atomic E-state index is 12.3. The molecule has 2 aromatic rings. The van der Waals surface area contributed by atoms with Crippen molar-refractivity contribution in [1.82, 2.24) is 9.55 Å². The van der Waals surface area contributed by atoms with Gasteiger partial charge in [-0.2, -0.15) is 0 Å². The van der Waals surface area contributed by atoms with Crippen LogP contribution in [0.1, 0.15) is 50.8 Å². The van der Waals surface area contributed by atoms with Gasteiger partial charge in [0.1, 0.15) is 5.82 Å². The van der Waals surface area contributed by atoms with Crippen molar-refractivity contribution in [2.24, 2.45) is 7.05 Å². The van der Waals surface area contributed by atoms with Crippen LogP contribution >= 0.6 is 0 Å². The van der Waals surface area contributed by atoms with Crippen LogP contribution in [0.15, 0.2) is 12.1 Å². The van der Waals surface area contributed by atoms with E-state index in [2.05, 4.69) is 4.98 Å². The van der Waals surface area contributed by atoms with E-state index in [1.54, 1.807) is 19.1 Å². The van der Waals surface area contributed by atoms with Crippen LogP contribution in [-0.4, -0.2) is 40.4 Å². The molecule has 3 rings (SSSR count). The number of rotatable bonds is 3. The molecule has 0 N–H and O–H groups in total. The molecule has 7 heteroatoms. The number of ether oxygens (including phenoxy) is 1. The van der Waals surface area contributed by atoms with Gasteiger partial charge in [-0.1, -0.05) is 0 Å². The van der Waals surface area contributed by atoms with Gasteiger partial charge in [-0.05, 0) is 53.7 Å². The largest absolute Gasteiger partial charge is 0.497 e. The van der Waals surface area contributed by atoms with Gasteiger partial charge in [-0.15, -0.1) is 0 Å². The normalized spacial score (nSPS) is 18.8. The maximum Gasteiger partial charge on any atom is 0.497 e. The molecule has 0 aliphatic carbocycles. The van der Waals surface area contributed by atoms with E-state index in [1.807, 2.05) is 46.2 Å². The van der Waals surface area contributed by atoms with Crippen LogP contribution in [0.25, 0.3) is 11.0 Å². The molecule has 1 aromatic heterocycles. The molecule has 0 unspecified atom stereocenters. The Balaban J connectivity index is 2.17. The van der Waals surface area contributed by atoms with Crippen molar-refractivity contribution in [2.45, 2.75) is 52.7 Å². The average Bonchev–Trinajstić information content (AvgIpc) is 2.91. The standard InChI is InChI=1S/C18H25BN2O4/c1-8-23-16(22)12-9-13(15-14(10-12)20-11(2)21(15)7)19-24-17(3,4)18(5,6)25-19/h9-10H,8H2,1-7H3. The van der Waals surface area contributed by atoms with Crippen LogP contribution in [-0.2, 0) is 21.1 Å². The molecule has 0 saturated carbocycles. The zero-order valence-corrected chi connectivity index (χ0v) is 16.0. The lowest BCUT2D eigenvalue weighted by Gasteiger charge is -2.32. The Morgan fingerprint density at radius 1 is 1.24 bits per heavy atom. The number of hydrogen-bond donors (Lipinski definition) is 0. The Kier molecular flexibility index (Phi) is 4.20. The predicted molar refractivity (Wildman–Crippen MR) is 97.1 cm³/mol. The Bertz CT molecular complexity index is 825. The van der Waals surface area contributed by atoms with E-state index in [0.717, 1.165) is 22.3 Å². The Hall–Kier alpha value is -1.86. The number of aromatic nitrogens is 2. The van der Waals surface area contributed by atoms with E-state index in [4.69, 9.17) is 14.0 Å². The molecule has 1 aliphatic rings. The SMILES string of the molecule is CCOC(=O)c1cc(B2OC(C)(C)C(C)(C)O2)c2c(c1)nc(C)n2C. The molecule has 0 atom stereocenters. The van der Waals surface area contributed by atoms with Crippen molar-refractivity contribution in [3.8, 4) is 0 Å². The monoisotopic (exact) mass is 344 g/mol. The first-order chi connectivity index (χ1) is 11.6. The number of aryl methyl sites for hydroxylation is 2. The summed E-state index contributed by atoms with van der Waals surface area (Å²) in [6.45, 7) is 12.1. The van der Waals surface area contributed by atoms with Crippen LogP contribution in [0, 0.1) is 6.92 Å². The minimum atomic E-state index is -0.573. The lowest BCUT2D eigenvalue weighted by Crippen LogP contribution is -2.41. The molecule has 1 aromatic carbocycles. The van der Waals surface area contributed by atoms with Gasteiger partial charge >= 0.3 is 13.1 Å². The van der Waals surface area contributed by atoms with Gasteiger partial charge in [0.2, 0.25) is 0 Å². The third kappa shape index (κ3) is 2.85. The molecule has 25 heavy (non-hydrogen) atoms. The van der Waals surface area contributed by atoms with Gasteiger partial charge < -0.3 is 18.6 Å². The smallest absolute Gasteiger partial charge is 0.462 e. The summed E-state index contributed by atoms with van der Waals surface area (Å²) in [6, 6.07) is 3.55. The zero-order valence-electron chi connectivity index (χ0n) is 16.0. The zero-order chi connectivity index (χ0) is 18.6. The number of fused-ring (bicyclic) bond motifs is 1. The van der Waals surface area contributed by atoms with Crippen molar-refractivity contribution in [3.05, 3.63) is 23.5 Å². The van der Waals surface area contributed by atoms with Gasteiger partial charge in [0.05, 0.1) is 34.4 Å². The summed E-state index contributed by atoms with van der Waals surface area (Å²) in [7, 11) is 1.38. The van der Waals surface area contributed by atoms with Crippen molar-refractivity contribution >= 4 is 29.6 Å². The first-order valence-electron chi connectivity index (χ1n) is 8.57. The van der Waals surface area contributed by atoms with E-state index in [-0.39, 0.29) is 5.97 Å². The van der Waals surface area contributed by atoms with Gasteiger partial charge in [0, 0.05) is 12.5 Å². The molecule has 1 aliphatic heterocycles. The first-order valence-corrected chi connectivity index (χ1v) is 8.57. The third-order valence-corrected chi connectivity index (χ3v) is 5.24. The fraction of sp³-hybridized carbons (Fsp3) is 0.556. The van der Waals surface area contributed by atoms with Gasteiger partial charge in [0.25, 0.3) is 0 Å². The summed E-state index contributed by atoms with van der Waals surface area (Å²) in [5.74, 6) is 0.485. The van der Waals surface area contributed by atoms with E-state index >= 15 is 0 Å². The van der Waals surface area contributed by atoms with Crippen LogP contribution in [0.2, 0.25) is 0 Å². The third-order valence-electron chi connectivity index (χ3n) is 5.24. The summed E-state index contributed by atoms with van der Waals surface area (Å²) in [5.41, 5.74) is 1.97. The average molecular weight is 344 g/mol. The highest BCUT2D eigenvalue weighted by Gasteiger charge is 2.52. The number of hydrogen-bond acceptors (Lipinski definition) is 5. The number of esters is 1. The molecular formula is C18H25BN2O4. The van der Waals surface area contributed by atoms with E-state index < -0.39 is 18.3 Å². The highest BCUT2D eigenvalue weighted by molar-refractivity contribution is 6.65. The molecule has 134 valence electrons. The number of nitrogens with zero attached hydrogens (tertiary/aromatic N) is 2. The molecule has 1 saturated heterocycles. The highest BCUT2D eigenvalue weighted by atomic mass is 16.7. The van der Waals surface area contributed by atoms with E-state index in [1.165, 1.54) is 0 Å². The summed E-state index contributed by atoms with van der Waals surface area (Å²) >= 11 is 0. The second-order valence-corrected chi connectivity index (χ2v) is 7.46. The van der Waals surface area contributed by atoms with Crippen LogP contribution in [0.5, 0.6) is 0 Å². The molecule has 0 spiro atoms. The number of carbonyl (C=O) groups excluding carboxylic acids is 1. The Morgan fingerprint density at radius 2 is 1.84 bits per heavy atom. The minimum absolute atomic E-state index is 0.323. The molecule has 1 fully saturated rings. The van der Waals surface area contributed by atoms with Crippen molar-refractivity contribution in [1.29, 1.82) is 0 Å². The van der Waals surface area contributed by atoms with Crippen LogP contribution < -0.4 is 5.46 Å². The predicted octanol–water partition coefficient (Wildman–Crippen LogP) is 2.36. The molecule has 2 heterocycles. The molecule has 0 bridgehead atoms. The van der Waals surface area contributed by atoms with Crippen molar-refractivity contribution < 1.29 is 18.8 Å². The maximum atomic E-state index is 12.3. The quantitative estimate of drug-likeness (QED) is 0.632. The summed E-state index contributed by atoms with van der Waals surface area (Å²) in [6.07, 6.45) is 0. The summed E-state index contributed by atoms with van der Waals surface area (Å²) in [4.78, 5) is 16.8. The van der Waals surface area contributed by atoms with Gasteiger partial charge in [-0.25, -0.2) is 9.78 Å². The molecule has 6 nitrogen and oxygen atoms in total. The van der Waals surface area contributed by atoms with Crippen LogP contribution in [0.3, 0.4) is 0 Å². The van der Waals surface area contributed by atoms with Crippen molar-refractivity contribution in [3.63, 3.8) is 0 Å².